The monoisotopic (exact) mass is 303 g/mol. The molecule has 1 unspecified atom stereocenters. The first-order valence-electron chi connectivity index (χ1n) is 6.67. The minimum absolute atomic E-state index is 0.00786. The molecule has 0 aliphatic carbocycles. The van der Waals surface area contributed by atoms with Crippen LogP contribution in [0.2, 0.25) is 0 Å². The number of rotatable bonds is 8. The van der Waals surface area contributed by atoms with Crippen molar-refractivity contribution >= 4 is 9.84 Å². The van der Waals surface area contributed by atoms with Crippen LogP contribution < -0.4 is 5.73 Å². The van der Waals surface area contributed by atoms with Crippen LogP contribution in [-0.4, -0.2) is 38.2 Å². The van der Waals surface area contributed by atoms with Crippen LogP contribution in [0.3, 0.4) is 0 Å². The van der Waals surface area contributed by atoms with Crippen molar-refractivity contribution in [3.05, 3.63) is 35.6 Å². The van der Waals surface area contributed by atoms with Gasteiger partial charge in [-0.3, -0.25) is 0 Å². The Bertz CT molecular complexity index is 527. The van der Waals surface area contributed by atoms with E-state index in [0.717, 1.165) is 0 Å². The van der Waals surface area contributed by atoms with Crippen LogP contribution in [0.4, 0.5) is 4.39 Å². The van der Waals surface area contributed by atoms with Crippen molar-refractivity contribution in [2.45, 2.75) is 25.2 Å². The van der Waals surface area contributed by atoms with Crippen LogP contribution in [0.1, 0.15) is 25.3 Å². The zero-order chi connectivity index (χ0) is 15.2. The van der Waals surface area contributed by atoms with E-state index in [0.29, 0.717) is 6.42 Å². The first-order valence-corrected chi connectivity index (χ1v) is 8.49. The van der Waals surface area contributed by atoms with E-state index >= 15 is 0 Å². The molecule has 0 aliphatic rings. The van der Waals surface area contributed by atoms with Gasteiger partial charge in [-0.05, 0) is 24.5 Å². The van der Waals surface area contributed by atoms with Gasteiger partial charge in [0, 0.05) is 17.7 Å². The van der Waals surface area contributed by atoms with Crippen LogP contribution >= 0.6 is 0 Å². The van der Waals surface area contributed by atoms with Crippen LogP contribution in [0.5, 0.6) is 0 Å². The molecule has 6 heteroatoms. The quantitative estimate of drug-likeness (QED) is 0.757. The van der Waals surface area contributed by atoms with Gasteiger partial charge in [0.1, 0.15) is 15.7 Å². The first kappa shape index (κ1) is 17.1. The molecule has 20 heavy (non-hydrogen) atoms. The molecule has 3 N–H and O–H groups in total. The lowest BCUT2D eigenvalue weighted by Crippen LogP contribution is -2.41. The van der Waals surface area contributed by atoms with E-state index in [4.69, 9.17) is 5.73 Å². The summed E-state index contributed by atoms with van der Waals surface area (Å²) in [7, 11) is -3.19. The molecule has 0 radical (unpaired) electrons. The zero-order valence-corrected chi connectivity index (χ0v) is 12.5. The predicted octanol–water partition coefficient (Wildman–Crippen LogP) is 1.23. The predicted molar refractivity (Wildman–Crippen MR) is 77.8 cm³/mol. The van der Waals surface area contributed by atoms with Gasteiger partial charge in [-0.25, -0.2) is 12.8 Å². The molecule has 114 valence electrons. The van der Waals surface area contributed by atoms with Crippen molar-refractivity contribution in [1.82, 2.24) is 0 Å². The topological polar surface area (TPSA) is 80.4 Å². The third kappa shape index (κ3) is 4.01. The fraction of sp³-hybridized carbons (Fsp3) is 0.571. The summed E-state index contributed by atoms with van der Waals surface area (Å²) in [6.07, 6.45) is 0.653. The van der Waals surface area contributed by atoms with Crippen LogP contribution in [0, 0.1) is 5.82 Å². The van der Waals surface area contributed by atoms with Gasteiger partial charge in [0.05, 0.1) is 12.4 Å². The minimum atomic E-state index is -3.19. The van der Waals surface area contributed by atoms with Crippen molar-refractivity contribution in [2.24, 2.45) is 5.73 Å². The van der Waals surface area contributed by atoms with E-state index < -0.39 is 21.1 Å². The smallest absolute Gasteiger partial charge is 0.150 e. The molecule has 1 rings (SSSR count). The lowest BCUT2D eigenvalue weighted by molar-refractivity contribution is 0.189. The van der Waals surface area contributed by atoms with E-state index in [-0.39, 0.29) is 36.6 Å². The van der Waals surface area contributed by atoms with Gasteiger partial charge in [-0.15, -0.1) is 0 Å². The Morgan fingerprint density at radius 3 is 2.45 bits per heavy atom. The van der Waals surface area contributed by atoms with Crippen LogP contribution in [0.15, 0.2) is 24.3 Å². The van der Waals surface area contributed by atoms with E-state index in [9.17, 15) is 17.9 Å². The first-order chi connectivity index (χ1) is 9.40. The molecule has 1 aromatic carbocycles. The number of aliphatic hydroxyl groups is 1. The number of nitrogens with two attached hydrogens (primary N) is 1. The Kier molecular flexibility index (Phi) is 6.10. The Morgan fingerprint density at radius 2 is 1.95 bits per heavy atom. The van der Waals surface area contributed by atoms with Gasteiger partial charge >= 0.3 is 0 Å². The molecule has 0 fully saturated rings. The maximum Gasteiger partial charge on any atom is 0.150 e. The standard InChI is InChI=1S/C14H22FNO3S/c1-2-8-20(18,19)9-7-14(10-16,11-17)12-5-3-4-6-13(12)15/h3-6,17H,2,7-11,16H2,1H3. The maximum absolute atomic E-state index is 13.9. The van der Waals surface area contributed by atoms with Crippen LogP contribution in [-0.2, 0) is 15.3 Å². The highest BCUT2D eigenvalue weighted by molar-refractivity contribution is 7.91. The Balaban J connectivity index is 3.02. The fourth-order valence-electron chi connectivity index (χ4n) is 2.23. The summed E-state index contributed by atoms with van der Waals surface area (Å²) in [5.41, 5.74) is 4.93. The highest BCUT2D eigenvalue weighted by atomic mass is 32.2. The molecule has 1 atom stereocenters. The Hall–Kier alpha value is -0.980. The largest absolute Gasteiger partial charge is 0.395 e. The van der Waals surface area contributed by atoms with Gasteiger partial charge in [0.2, 0.25) is 0 Å². The lowest BCUT2D eigenvalue weighted by atomic mass is 9.78. The van der Waals surface area contributed by atoms with Crippen molar-refractivity contribution in [2.75, 3.05) is 24.7 Å². The number of hydrogen-bond donors (Lipinski definition) is 2. The molecule has 0 saturated heterocycles. The SMILES string of the molecule is CCCS(=O)(=O)CCC(CN)(CO)c1ccccc1F. The maximum atomic E-state index is 13.9. The molecule has 1 aromatic rings. The minimum Gasteiger partial charge on any atom is -0.395 e. The summed E-state index contributed by atoms with van der Waals surface area (Å²) in [5.74, 6) is -0.483. The lowest BCUT2D eigenvalue weighted by Gasteiger charge is -2.31. The molecular weight excluding hydrogens is 281 g/mol. The molecule has 0 aliphatic heterocycles. The molecule has 0 bridgehead atoms. The third-order valence-electron chi connectivity index (χ3n) is 3.55. The van der Waals surface area contributed by atoms with E-state index in [1.165, 1.54) is 6.07 Å². The summed E-state index contributed by atoms with van der Waals surface area (Å²) in [6.45, 7) is 1.40. The second-order valence-electron chi connectivity index (χ2n) is 5.02. The summed E-state index contributed by atoms with van der Waals surface area (Å²) in [6, 6.07) is 6.03. The highest BCUT2D eigenvalue weighted by Gasteiger charge is 2.34. The average Bonchev–Trinajstić information content (AvgIpc) is 2.42. The molecule has 0 amide bonds. The van der Waals surface area contributed by atoms with Gasteiger partial charge in [-0.1, -0.05) is 25.1 Å². The van der Waals surface area contributed by atoms with E-state index in [1.807, 2.05) is 0 Å². The number of sulfone groups is 1. The normalized spacial score (nSPS) is 15.0. The second-order valence-corrected chi connectivity index (χ2v) is 7.33. The fourth-order valence-corrected chi connectivity index (χ4v) is 3.76. The zero-order valence-electron chi connectivity index (χ0n) is 11.7. The second kappa shape index (κ2) is 7.15. The molecule has 0 heterocycles. The van der Waals surface area contributed by atoms with Gasteiger partial charge < -0.3 is 10.8 Å². The number of aliphatic hydroxyl groups excluding tert-OH is 1. The number of hydrogen-bond acceptors (Lipinski definition) is 4. The van der Waals surface area contributed by atoms with E-state index in [2.05, 4.69) is 0 Å². The van der Waals surface area contributed by atoms with Crippen molar-refractivity contribution in [1.29, 1.82) is 0 Å². The Labute approximate surface area is 119 Å². The van der Waals surface area contributed by atoms with Gasteiger partial charge in [0.25, 0.3) is 0 Å². The molecule has 0 saturated carbocycles. The van der Waals surface area contributed by atoms with Crippen molar-refractivity contribution < 1.29 is 17.9 Å². The van der Waals surface area contributed by atoms with Gasteiger partial charge in [-0.2, -0.15) is 0 Å². The Morgan fingerprint density at radius 1 is 1.30 bits per heavy atom. The van der Waals surface area contributed by atoms with E-state index in [1.54, 1.807) is 25.1 Å². The molecular formula is C14H22FNO3S. The van der Waals surface area contributed by atoms with Crippen LogP contribution in [0.25, 0.3) is 0 Å². The molecule has 0 spiro atoms. The van der Waals surface area contributed by atoms with Gasteiger partial charge in [0.15, 0.2) is 0 Å². The molecule has 4 nitrogen and oxygen atoms in total. The average molecular weight is 303 g/mol. The summed E-state index contributed by atoms with van der Waals surface area (Å²) >= 11 is 0. The van der Waals surface area contributed by atoms with Crippen molar-refractivity contribution in [3.63, 3.8) is 0 Å². The van der Waals surface area contributed by atoms with Crippen molar-refractivity contribution in [3.8, 4) is 0 Å². The number of benzene rings is 1. The summed E-state index contributed by atoms with van der Waals surface area (Å²) in [4.78, 5) is 0. The highest BCUT2D eigenvalue weighted by Crippen LogP contribution is 2.29. The number of halogens is 1. The third-order valence-corrected chi connectivity index (χ3v) is 5.40. The molecule has 0 aromatic heterocycles. The summed E-state index contributed by atoms with van der Waals surface area (Å²) < 4.78 is 37.5. The summed E-state index contributed by atoms with van der Waals surface area (Å²) in [5, 5.41) is 9.64.